The number of para-hydroxylation sites is 2. The van der Waals surface area contributed by atoms with Crippen LogP contribution in [-0.2, 0) is 0 Å². The van der Waals surface area contributed by atoms with Crippen molar-refractivity contribution in [3.05, 3.63) is 80.3 Å². The number of carbonyl (C=O) groups is 1. The molecule has 1 aromatic heterocycles. The van der Waals surface area contributed by atoms with Gasteiger partial charge in [-0.05, 0) is 30.7 Å². The third-order valence-electron chi connectivity index (χ3n) is 5.36. The highest BCUT2D eigenvalue weighted by atomic mass is 16.3. The number of amides is 1. The number of furan rings is 1. The van der Waals surface area contributed by atoms with E-state index in [4.69, 9.17) is 4.42 Å². The number of anilines is 3. The summed E-state index contributed by atoms with van der Waals surface area (Å²) < 4.78 is 5.91. The van der Waals surface area contributed by atoms with Gasteiger partial charge in [-0.15, -0.1) is 0 Å². The van der Waals surface area contributed by atoms with E-state index < -0.39 is 10.9 Å². The van der Waals surface area contributed by atoms with Crippen molar-refractivity contribution < 1.29 is 14.3 Å². The van der Waals surface area contributed by atoms with Gasteiger partial charge >= 0.3 is 0 Å². The summed E-state index contributed by atoms with van der Waals surface area (Å²) in [4.78, 5) is 38.2. The molecular weight excluding hydrogens is 410 g/mol. The van der Waals surface area contributed by atoms with Crippen molar-refractivity contribution in [1.29, 1.82) is 0 Å². The van der Waals surface area contributed by atoms with Crippen molar-refractivity contribution >= 4 is 33.9 Å². The van der Waals surface area contributed by atoms with E-state index in [0.29, 0.717) is 12.2 Å². The Morgan fingerprint density at radius 1 is 1.06 bits per heavy atom. The summed E-state index contributed by atoms with van der Waals surface area (Å²) in [5, 5.41) is 17.4. The van der Waals surface area contributed by atoms with Crippen LogP contribution < -0.4 is 21.5 Å². The average molecular weight is 433 g/mol. The van der Waals surface area contributed by atoms with E-state index in [1.54, 1.807) is 20.2 Å². The summed E-state index contributed by atoms with van der Waals surface area (Å²) in [6.45, 7) is 1.94. The minimum atomic E-state index is -0.698. The molecule has 0 aliphatic carbocycles. The molecule has 1 amide bonds. The third-order valence-corrected chi connectivity index (χ3v) is 5.36. The monoisotopic (exact) mass is 433 g/mol. The van der Waals surface area contributed by atoms with Gasteiger partial charge in [0.2, 0.25) is 0 Å². The molecule has 3 aromatic carbocycles. The molecule has 164 valence electrons. The normalized spacial score (nSPS) is 12.1. The van der Waals surface area contributed by atoms with Crippen LogP contribution in [0.2, 0.25) is 0 Å². The first-order valence-electron chi connectivity index (χ1n) is 10.2. The van der Waals surface area contributed by atoms with Crippen molar-refractivity contribution in [1.82, 2.24) is 4.90 Å². The van der Waals surface area contributed by atoms with E-state index in [0.717, 1.165) is 11.0 Å². The molecule has 4 rings (SSSR count). The topological polar surface area (TPSA) is 112 Å². The highest BCUT2D eigenvalue weighted by molar-refractivity contribution is 5.99. The van der Waals surface area contributed by atoms with E-state index >= 15 is 0 Å². The van der Waals surface area contributed by atoms with E-state index in [1.807, 2.05) is 37.3 Å². The van der Waals surface area contributed by atoms with Gasteiger partial charge in [0, 0.05) is 19.5 Å². The molecule has 0 spiro atoms. The molecule has 0 saturated heterocycles. The lowest BCUT2D eigenvalue weighted by Crippen LogP contribution is -2.37. The van der Waals surface area contributed by atoms with Crippen molar-refractivity contribution in [2.75, 3.05) is 24.7 Å². The van der Waals surface area contributed by atoms with Crippen LogP contribution in [0.25, 0.3) is 11.0 Å². The second-order valence-electron chi connectivity index (χ2n) is 7.73. The maximum atomic E-state index is 12.3. The molecule has 0 aliphatic rings. The molecule has 4 aromatic rings. The highest BCUT2D eigenvalue weighted by Crippen LogP contribution is 2.34. The molecule has 3 N–H and O–H groups in total. The Hall–Kier alpha value is -4.07. The molecule has 0 unspecified atom stereocenters. The first kappa shape index (κ1) is 21.2. The molecule has 1 atom stereocenters. The Balaban J connectivity index is 1.63. The first-order valence-corrected chi connectivity index (χ1v) is 10.2. The summed E-state index contributed by atoms with van der Waals surface area (Å²) in [5.74, 6) is -0.0333. The predicted octanol–water partition coefficient (Wildman–Crippen LogP) is 3.74. The quantitative estimate of drug-likeness (QED) is 0.301. The summed E-state index contributed by atoms with van der Waals surface area (Å²) in [6, 6.07) is 13.8. The van der Waals surface area contributed by atoms with Gasteiger partial charge < -0.3 is 25.1 Å². The number of aromatic hydroxyl groups is 1. The number of rotatable bonds is 7. The Morgan fingerprint density at radius 3 is 2.47 bits per heavy atom. The molecule has 0 saturated carbocycles. The summed E-state index contributed by atoms with van der Waals surface area (Å²) in [6.07, 6.45) is 0.607. The zero-order chi connectivity index (χ0) is 23.0. The van der Waals surface area contributed by atoms with E-state index in [2.05, 4.69) is 10.6 Å². The number of nitrogens with one attached hydrogen (secondary N) is 2. The molecule has 0 radical (unpaired) electrons. The summed E-state index contributed by atoms with van der Waals surface area (Å²) in [7, 11) is 3.15. The van der Waals surface area contributed by atoms with Crippen LogP contribution in [0.1, 0.15) is 35.5 Å². The molecule has 0 bridgehead atoms. The maximum absolute atomic E-state index is 12.3. The number of benzene rings is 2. The largest absolute Gasteiger partial charge is 0.505 e. The zero-order valence-corrected chi connectivity index (χ0v) is 17.9. The number of phenols is 1. The number of hydrogen-bond donors (Lipinski definition) is 3. The number of phenolic OH excluding ortho intramolecular Hbond substituents is 1. The van der Waals surface area contributed by atoms with Crippen LogP contribution in [-0.4, -0.2) is 30.0 Å². The lowest BCUT2D eigenvalue weighted by Gasteiger charge is -2.21. The SMILES string of the molecule is CC[C@@H](Nc1c(Nc2cccc(C(=O)N(C)C)c2O)c(=O)c1=O)c1cc2ccccc2o1. The summed E-state index contributed by atoms with van der Waals surface area (Å²) in [5.41, 5.74) is -0.219. The molecule has 0 fully saturated rings. The van der Waals surface area contributed by atoms with Crippen molar-refractivity contribution in [3.8, 4) is 5.75 Å². The maximum Gasteiger partial charge on any atom is 0.257 e. The van der Waals surface area contributed by atoms with Gasteiger partial charge in [0.25, 0.3) is 16.8 Å². The third kappa shape index (κ3) is 3.60. The van der Waals surface area contributed by atoms with Gasteiger partial charge in [0.1, 0.15) is 22.7 Å². The molecular formula is C24H23N3O5. The van der Waals surface area contributed by atoms with Gasteiger partial charge in [-0.2, -0.15) is 0 Å². The second kappa shape index (κ2) is 8.22. The number of nitrogens with zero attached hydrogens (tertiary/aromatic N) is 1. The fourth-order valence-electron chi connectivity index (χ4n) is 3.56. The van der Waals surface area contributed by atoms with Gasteiger partial charge in [-0.3, -0.25) is 14.4 Å². The predicted molar refractivity (Wildman–Crippen MR) is 124 cm³/mol. The van der Waals surface area contributed by atoms with Crippen LogP contribution in [0, 0.1) is 0 Å². The Kier molecular flexibility index (Phi) is 5.44. The van der Waals surface area contributed by atoms with Crippen molar-refractivity contribution in [3.63, 3.8) is 0 Å². The smallest absolute Gasteiger partial charge is 0.257 e. The van der Waals surface area contributed by atoms with Crippen LogP contribution in [0.15, 0.2) is 62.5 Å². The minimum Gasteiger partial charge on any atom is -0.505 e. The minimum absolute atomic E-state index is 0.0364. The number of fused-ring (bicyclic) bond motifs is 1. The summed E-state index contributed by atoms with van der Waals surface area (Å²) >= 11 is 0. The molecule has 8 heteroatoms. The Morgan fingerprint density at radius 2 is 1.78 bits per heavy atom. The fraction of sp³-hybridized carbons (Fsp3) is 0.208. The lowest BCUT2D eigenvalue weighted by molar-refractivity contribution is 0.0824. The van der Waals surface area contributed by atoms with Gasteiger partial charge in [-0.25, -0.2) is 0 Å². The highest BCUT2D eigenvalue weighted by Gasteiger charge is 2.26. The fourth-order valence-corrected chi connectivity index (χ4v) is 3.56. The van der Waals surface area contributed by atoms with Crippen molar-refractivity contribution in [2.24, 2.45) is 0 Å². The number of carbonyl (C=O) groups excluding carboxylic acids is 1. The van der Waals surface area contributed by atoms with Crippen LogP contribution in [0.5, 0.6) is 5.75 Å². The van der Waals surface area contributed by atoms with Gasteiger partial charge in [0.15, 0.2) is 5.75 Å². The lowest BCUT2D eigenvalue weighted by atomic mass is 10.1. The van der Waals surface area contributed by atoms with Crippen LogP contribution in [0.3, 0.4) is 0 Å². The average Bonchev–Trinajstić information content (AvgIpc) is 3.22. The Labute approximate surface area is 183 Å². The van der Waals surface area contributed by atoms with Gasteiger partial charge in [0.05, 0.1) is 17.3 Å². The van der Waals surface area contributed by atoms with E-state index in [-0.39, 0.29) is 40.3 Å². The molecule has 0 aliphatic heterocycles. The Bertz CT molecular complexity index is 1350. The first-order chi connectivity index (χ1) is 15.3. The van der Waals surface area contributed by atoms with E-state index in [9.17, 15) is 19.5 Å². The second-order valence-corrected chi connectivity index (χ2v) is 7.73. The standard InChI is InChI=1S/C24H23N3O5/c1-4-15(18-12-13-8-5-6-11-17(13)32-18)25-19-20(23(30)22(19)29)26-16-10-7-9-14(21(16)28)24(31)27(2)3/h5-12,15,25-26,28H,4H2,1-3H3/t15-/m1/s1. The van der Waals surface area contributed by atoms with E-state index in [1.165, 1.54) is 17.0 Å². The molecule has 1 heterocycles. The molecule has 8 nitrogen and oxygen atoms in total. The zero-order valence-electron chi connectivity index (χ0n) is 17.9. The molecule has 32 heavy (non-hydrogen) atoms. The van der Waals surface area contributed by atoms with Gasteiger partial charge in [-0.1, -0.05) is 31.2 Å². The van der Waals surface area contributed by atoms with Crippen LogP contribution >= 0.6 is 0 Å². The van der Waals surface area contributed by atoms with Crippen molar-refractivity contribution in [2.45, 2.75) is 19.4 Å². The number of hydrogen-bond acceptors (Lipinski definition) is 7. The van der Waals surface area contributed by atoms with Crippen LogP contribution in [0.4, 0.5) is 17.1 Å².